The van der Waals surface area contributed by atoms with Gasteiger partial charge in [0.25, 0.3) is 0 Å². The van der Waals surface area contributed by atoms with Gasteiger partial charge < -0.3 is 14.6 Å². The molecule has 3 atom stereocenters. The third-order valence-electron chi connectivity index (χ3n) is 4.37. The summed E-state index contributed by atoms with van der Waals surface area (Å²) in [5.41, 5.74) is 0.828. The van der Waals surface area contributed by atoms with Crippen LogP contribution in [0.3, 0.4) is 0 Å². The minimum Gasteiger partial charge on any atom is -0.491 e. The number of aliphatic hydroxyl groups is 1. The van der Waals surface area contributed by atoms with Crippen molar-refractivity contribution in [3.63, 3.8) is 0 Å². The maximum atomic E-state index is 10.7. The second kappa shape index (κ2) is 6.34. The van der Waals surface area contributed by atoms with E-state index in [1.807, 2.05) is 38.1 Å². The van der Waals surface area contributed by atoms with E-state index in [1.165, 1.54) is 12.8 Å². The average molecular weight is 291 g/mol. The predicted octanol–water partition coefficient (Wildman–Crippen LogP) is 2.37. The number of benzene rings is 1. The molecule has 2 heterocycles. The van der Waals surface area contributed by atoms with E-state index in [1.54, 1.807) is 0 Å². The molecule has 116 valence electrons. The highest BCUT2D eigenvalue weighted by molar-refractivity contribution is 5.36. The summed E-state index contributed by atoms with van der Waals surface area (Å²) < 4.78 is 11.7. The van der Waals surface area contributed by atoms with Crippen LogP contribution in [0, 0.1) is 0 Å². The molecule has 0 saturated carbocycles. The molecule has 0 aliphatic carbocycles. The minimum atomic E-state index is -0.638. The highest BCUT2D eigenvalue weighted by atomic mass is 16.5. The lowest BCUT2D eigenvalue weighted by Crippen LogP contribution is -2.48. The largest absolute Gasteiger partial charge is 0.491 e. The molecular weight excluding hydrogens is 266 g/mol. The van der Waals surface area contributed by atoms with Crippen LogP contribution in [0.5, 0.6) is 5.75 Å². The monoisotopic (exact) mass is 291 g/mol. The smallest absolute Gasteiger partial charge is 0.125 e. The van der Waals surface area contributed by atoms with Crippen molar-refractivity contribution < 1.29 is 14.6 Å². The molecule has 1 aromatic rings. The van der Waals surface area contributed by atoms with Gasteiger partial charge in [0.05, 0.1) is 12.7 Å². The lowest BCUT2D eigenvalue weighted by molar-refractivity contribution is -0.104. The van der Waals surface area contributed by atoms with Crippen LogP contribution in [0.4, 0.5) is 0 Å². The fourth-order valence-electron chi connectivity index (χ4n) is 3.32. The summed E-state index contributed by atoms with van der Waals surface area (Å²) in [6, 6.07) is 8.27. The zero-order chi connectivity index (χ0) is 14.8. The molecule has 2 aliphatic rings. The number of morpholine rings is 1. The summed E-state index contributed by atoms with van der Waals surface area (Å²) in [5, 5.41) is 10.7. The topological polar surface area (TPSA) is 41.9 Å². The van der Waals surface area contributed by atoms with E-state index in [0.717, 1.165) is 31.0 Å². The highest BCUT2D eigenvalue weighted by Crippen LogP contribution is 2.33. The number of rotatable bonds is 4. The fraction of sp³-hybridized carbons (Fsp3) is 0.647. The predicted molar refractivity (Wildman–Crippen MR) is 81.5 cm³/mol. The molecule has 2 saturated heterocycles. The zero-order valence-electron chi connectivity index (χ0n) is 12.9. The summed E-state index contributed by atoms with van der Waals surface area (Å²) in [5.74, 6) is 0.757. The van der Waals surface area contributed by atoms with Gasteiger partial charge >= 0.3 is 0 Å². The van der Waals surface area contributed by atoms with Gasteiger partial charge in [0.15, 0.2) is 0 Å². The standard InChI is InChI=1S/C17H25NO3/c1-12(2)21-15-8-4-3-7-14(15)17(19)16-10-18-9-5-6-13(18)11-20-16/h3-4,7-8,12-13,16-17,19H,5-6,9-11H2,1-2H3. The third kappa shape index (κ3) is 3.23. The maximum Gasteiger partial charge on any atom is 0.125 e. The van der Waals surface area contributed by atoms with Crippen molar-refractivity contribution in [1.82, 2.24) is 4.90 Å². The third-order valence-corrected chi connectivity index (χ3v) is 4.37. The lowest BCUT2D eigenvalue weighted by Gasteiger charge is -2.37. The van der Waals surface area contributed by atoms with Crippen LogP contribution in [-0.4, -0.2) is 48.0 Å². The van der Waals surface area contributed by atoms with Crippen molar-refractivity contribution in [1.29, 1.82) is 0 Å². The first-order valence-corrected chi connectivity index (χ1v) is 7.94. The number of para-hydroxylation sites is 1. The molecule has 0 aromatic heterocycles. The molecule has 0 radical (unpaired) electrons. The Morgan fingerprint density at radius 1 is 1.33 bits per heavy atom. The van der Waals surface area contributed by atoms with Crippen LogP contribution < -0.4 is 4.74 Å². The summed E-state index contributed by atoms with van der Waals surface area (Å²) in [6.45, 7) is 6.66. The van der Waals surface area contributed by atoms with Crippen molar-refractivity contribution in [2.75, 3.05) is 19.7 Å². The van der Waals surface area contributed by atoms with Gasteiger partial charge in [0.1, 0.15) is 18.0 Å². The van der Waals surface area contributed by atoms with Gasteiger partial charge in [-0.05, 0) is 39.3 Å². The van der Waals surface area contributed by atoms with Gasteiger partial charge in [0, 0.05) is 18.2 Å². The summed E-state index contributed by atoms with van der Waals surface area (Å²) >= 11 is 0. The molecule has 1 aromatic carbocycles. The second-order valence-electron chi connectivity index (χ2n) is 6.31. The summed E-state index contributed by atoms with van der Waals surface area (Å²) in [6.07, 6.45) is 1.74. The molecule has 2 aliphatic heterocycles. The Morgan fingerprint density at radius 2 is 2.14 bits per heavy atom. The maximum absolute atomic E-state index is 10.7. The molecule has 0 bridgehead atoms. The summed E-state index contributed by atoms with van der Waals surface area (Å²) in [7, 11) is 0. The van der Waals surface area contributed by atoms with Gasteiger partial charge in [-0.2, -0.15) is 0 Å². The number of nitrogens with zero attached hydrogens (tertiary/aromatic N) is 1. The van der Waals surface area contributed by atoms with Crippen LogP contribution in [0.1, 0.15) is 38.4 Å². The summed E-state index contributed by atoms with van der Waals surface area (Å²) in [4.78, 5) is 2.45. The first kappa shape index (κ1) is 14.8. The molecular formula is C17H25NO3. The number of hydrogen-bond donors (Lipinski definition) is 1. The Kier molecular flexibility index (Phi) is 4.48. The Labute approximate surface area is 126 Å². The van der Waals surface area contributed by atoms with Gasteiger partial charge in [0.2, 0.25) is 0 Å². The van der Waals surface area contributed by atoms with Crippen molar-refractivity contribution in [3.05, 3.63) is 29.8 Å². The SMILES string of the molecule is CC(C)Oc1ccccc1C(O)C1CN2CCCC2CO1. The normalized spacial score (nSPS) is 27.6. The van der Waals surface area contributed by atoms with Crippen molar-refractivity contribution in [2.24, 2.45) is 0 Å². The van der Waals surface area contributed by atoms with E-state index in [4.69, 9.17) is 9.47 Å². The van der Waals surface area contributed by atoms with E-state index in [9.17, 15) is 5.11 Å². The molecule has 4 nitrogen and oxygen atoms in total. The van der Waals surface area contributed by atoms with Crippen LogP contribution in [-0.2, 0) is 4.74 Å². The van der Waals surface area contributed by atoms with E-state index >= 15 is 0 Å². The highest BCUT2D eigenvalue weighted by Gasteiger charge is 2.36. The quantitative estimate of drug-likeness (QED) is 0.925. The van der Waals surface area contributed by atoms with Crippen LogP contribution in [0.25, 0.3) is 0 Å². The van der Waals surface area contributed by atoms with E-state index < -0.39 is 6.10 Å². The van der Waals surface area contributed by atoms with Gasteiger partial charge in [-0.1, -0.05) is 18.2 Å². The molecule has 4 heteroatoms. The number of ether oxygens (including phenoxy) is 2. The fourth-order valence-corrected chi connectivity index (χ4v) is 3.32. The number of hydrogen-bond acceptors (Lipinski definition) is 4. The zero-order valence-corrected chi connectivity index (χ0v) is 12.9. The first-order valence-electron chi connectivity index (χ1n) is 7.94. The lowest BCUT2D eigenvalue weighted by atomic mass is 10.0. The molecule has 0 amide bonds. The Morgan fingerprint density at radius 3 is 2.95 bits per heavy atom. The van der Waals surface area contributed by atoms with Crippen molar-refractivity contribution >= 4 is 0 Å². The van der Waals surface area contributed by atoms with E-state index in [2.05, 4.69) is 4.90 Å². The van der Waals surface area contributed by atoms with Crippen LogP contribution >= 0.6 is 0 Å². The molecule has 0 spiro atoms. The number of fused-ring (bicyclic) bond motifs is 1. The first-order chi connectivity index (χ1) is 10.1. The van der Waals surface area contributed by atoms with Crippen LogP contribution in [0.2, 0.25) is 0 Å². The Hall–Kier alpha value is -1.10. The van der Waals surface area contributed by atoms with Crippen molar-refractivity contribution in [3.8, 4) is 5.75 Å². The molecule has 21 heavy (non-hydrogen) atoms. The van der Waals surface area contributed by atoms with Gasteiger partial charge in [-0.3, -0.25) is 4.90 Å². The Bertz CT molecular complexity index is 477. The van der Waals surface area contributed by atoms with Crippen LogP contribution in [0.15, 0.2) is 24.3 Å². The molecule has 2 fully saturated rings. The van der Waals surface area contributed by atoms with Crippen molar-refractivity contribution in [2.45, 2.75) is 51.0 Å². The van der Waals surface area contributed by atoms with Gasteiger partial charge in [-0.25, -0.2) is 0 Å². The van der Waals surface area contributed by atoms with E-state index in [0.29, 0.717) is 6.04 Å². The number of aliphatic hydroxyl groups excluding tert-OH is 1. The average Bonchev–Trinajstić information content (AvgIpc) is 2.94. The second-order valence-corrected chi connectivity index (χ2v) is 6.31. The van der Waals surface area contributed by atoms with Gasteiger partial charge in [-0.15, -0.1) is 0 Å². The molecule has 3 rings (SSSR count). The minimum absolute atomic E-state index is 0.0913. The molecule has 1 N–H and O–H groups in total. The van der Waals surface area contributed by atoms with E-state index in [-0.39, 0.29) is 12.2 Å². The Balaban J connectivity index is 1.74. The molecule has 3 unspecified atom stereocenters.